The molecule has 0 N–H and O–H groups in total. The van der Waals surface area contributed by atoms with Crippen LogP contribution in [0.5, 0.6) is 5.75 Å². The van der Waals surface area contributed by atoms with Gasteiger partial charge in [0.1, 0.15) is 33.8 Å². The lowest BCUT2D eigenvalue weighted by Gasteiger charge is -2.23. The first-order valence-electron chi connectivity index (χ1n) is 7.36. The zero-order valence-electron chi connectivity index (χ0n) is 13.2. The average molecular weight is 327 g/mol. The van der Waals surface area contributed by atoms with E-state index in [9.17, 15) is 8.94 Å². The number of rotatable bonds is 4. The minimum atomic E-state index is -1.41. The monoisotopic (exact) mass is 327 g/mol. The van der Waals surface area contributed by atoms with Crippen molar-refractivity contribution in [1.82, 2.24) is 0 Å². The summed E-state index contributed by atoms with van der Waals surface area (Å²) in [5.41, 5.74) is 0.280. The van der Waals surface area contributed by atoms with Crippen molar-refractivity contribution in [3.8, 4) is 5.75 Å². The molecular weight excluding hydrogens is 305 g/mol. The highest BCUT2D eigenvalue weighted by atomic mass is 32.2. The van der Waals surface area contributed by atoms with Gasteiger partial charge in [-0.05, 0) is 39.0 Å². The first kappa shape index (κ1) is 17.2. The summed E-state index contributed by atoms with van der Waals surface area (Å²) < 4.78 is 40.3. The van der Waals surface area contributed by atoms with Crippen LogP contribution in [0.25, 0.3) is 0 Å². The lowest BCUT2D eigenvalue weighted by Crippen LogP contribution is -2.26. The molecule has 0 aliphatic carbocycles. The Morgan fingerprint density at radius 1 is 1.36 bits per heavy atom. The van der Waals surface area contributed by atoms with Crippen molar-refractivity contribution in [3.05, 3.63) is 29.6 Å². The molecule has 0 aromatic heterocycles. The molecule has 1 saturated heterocycles. The summed E-state index contributed by atoms with van der Waals surface area (Å²) in [6.45, 7) is 6.83. The van der Waals surface area contributed by atoms with E-state index in [2.05, 4.69) is 4.40 Å². The minimum absolute atomic E-state index is 0.0905. The second-order valence-electron chi connectivity index (χ2n) is 6.21. The summed E-state index contributed by atoms with van der Waals surface area (Å²) in [7, 11) is 0. The van der Waals surface area contributed by atoms with Crippen LogP contribution in [0.15, 0.2) is 22.6 Å². The molecule has 0 saturated carbocycles. The van der Waals surface area contributed by atoms with Crippen LogP contribution in [0.2, 0.25) is 0 Å². The van der Waals surface area contributed by atoms with E-state index in [-0.39, 0.29) is 11.7 Å². The highest BCUT2D eigenvalue weighted by Gasteiger charge is 2.26. The maximum absolute atomic E-state index is 13.8. The van der Waals surface area contributed by atoms with Gasteiger partial charge in [0.15, 0.2) is 0 Å². The molecule has 1 aliphatic rings. The average Bonchev–Trinajstić information content (AvgIpc) is 2.47. The Bertz CT molecular complexity index is 525. The molecule has 122 valence electrons. The molecule has 1 aliphatic heterocycles. The van der Waals surface area contributed by atoms with Crippen molar-refractivity contribution in [2.75, 3.05) is 13.2 Å². The molecule has 0 amide bonds. The molecule has 1 aromatic rings. The second kappa shape index (κ2) is 7.44. The maximum Gasteiger partial charge on any atom is 0.144 e. The normalized spacial score (nSPS) is 18.6. The largest absolute Gasteiger partial charge is 0.591 e. The van der Waals surface area contributed by atoms with Crippen molar-refractivity contribution in [2.24, 2.45) is 4.40 Å². The number of benzene rings is 1. The first-order chi connectivity index (χ1) is 10.4. The van der Waals surface area contributed by atoms with E-state index >= 15 is 0 Å². The van der Waals surface area contributed by atoms with E-state index in [0.29, 0.717) is 19.0 Å². The van der Waals surface area contributed by atoms with Crippen LogP contribution in [-0.4, -0.2) is 34.8 Å². The van der Waals surface area contributed by atoms with E-state index in [1.54, 1.807) is 12.1 Å². The topological polar surface area (TPSA) is 53.9 Å². The van der Waals surface area contributed by atoms with Gasteiger partial charge in [-0.25, -0.2) is 4.39 Å². The van der Waals surface area contributed by atoms with Gasteiger partial charge in [-0.2, -0.15) is 0 Å². The quantitative estimate of drug-likeness (QED) is 0.630. The van der Waals surface area contributed by atoms with E-state index in [1.165, 1.54) is 12.3 Å². The zero-order valence-corrected chi connectivity index (χ0v) is 14.0. The standard InChI is InChI=1S/C16H22FNO3S/c1-16(2,3)22(19)18-11-12-10-14(4-5-15(12)17)21-13-6-8-20-9-7-13/h4-5,10-11,13H,6-9H2,1-3H3/t22-/m1/s1. The molecule has 0 bridgehead atoms. The SMILES string of the molecule is CC(C)(C)[S@@+]([O-])N=Cc1cc(OC2CCOCC2)ccc1F. The Balaban J connectivity index is 2.07. The lowest BCUT2D eigenvalue weighted by molar-refractivity contribution is 0.0255. The van der Waals surface area contributed by atoms with E-state index < -0.39 is 21.9 Å². The fourth-order valence-electron chi connectivity index (χ4n) is 1.94. The zero-order chi connectivity index (χ0) is 16.2. The van der Waals surface area contributed by atoms with Crippen LogP contribution >= 0.6 is 0 Å². The van der Waals surface area contributed by atoms with Gasteiger partial charge in [0.2, 0.25) is 0 Å². The number of hydrogen-bond donors (Lipinski definition) is 0. The molecule has 6 heteroatoms. The highest BCUT2D eigenvalue weighted by Crippen LogP contribution is 2.22. The summed E-state index contributed by atoms with van der Waals surface area (Å²) in [5.74, 6) is 0.185. The van der Waals surface area contributed by atoms with Gasteiger partial charge in [-0.15, -0.1) is 0 Å². The Hall–Kier alpha value is -1.11. The van der Waals surface area contributed by atoms with Gasteiger partial charge >= 0.3 is 0 Å². The minimum Gasteiger partial charge on any atom is -0.591 e. The van der Waals surface area contributed by atoms with Crippen LogP contribution in [0.1, 0.15) is 39.2 Å². The third-order valence-corrected chi connectivity index (χ3v) is 4.59. The van der Waals surface area contributed by atoms with Crippen LogP contribution in [0, 0.1) is 5.82 Å². The van der Waals surface area contributed by atoms with Crippen LogP contribution in [0.4, 0.5) is 4.39 Å². The number of nitrogens with zero attached hydrogens (tertiary/aromatic N) is 1. The van der Waals surface area contributed by atoms with Gasteiger partial charge in [-0.1, -0.05) is 4.40 Å². The summed E-state index contributed by atoms with van der Waals surface area (Å²) >= 11 is -1.41. The number of ether oxygens (including phenoxy) is 2. The van der Waals surface area contributed by atoms with Gasteiger partial charge in [0.05, 0.1) is 19.4 Å². The van der Waals surface area contributed by atoms with E-state index in [0.717, 1.165) is 12.8 Å². The van der Waals surface area contributed by atoms with Gasteiger partial charge in [0, 0.05) is 18.4 Å². The Kier molecular flexibility index (Phi) is 5.83. The van der Waals surface area contributed by atoms with Crippen LogP contribution in [0.3, 0.4) is 0 Å². The molecule has 0 spiro atoms. The lowest BCUT2D eigenvalue weighted by atomic mass is 10.1. The Morgan fingerprint density at radius 2 is 2.05 bits per heavy atom. The fourth-order valence-corrected chi connectivity index (χ4v) is 2.47. The number of halogens is 1. The summed E-state index contributed by atoms with van der Waals surface area (Å²) in [6, 6.07) is 4.53. The predicted molar refractivity (Wildman–Crippen MR) is 86.4 cm³/mol. The molecule has 0 unspecified atom stereocenters. The fraction of sp³-hybridized carbons (Fsp3) is 0.562. The van der Waals surface area contributed by atoms with Crippen molar-refractivity contribution >= 4 is 17.6 Å². The number of hydrogen-bond acceptors (Lipinski definition) is 4. The molecule has 1 atom stereocenters. The van der Waals surface area contributed by atoms with Crippen molar-refractivity contribution in [2.45, 2.75) is 44.5 Å². The van der Waals surface area contributed by atoms with Gasteiger partial charge < -0.3 is 14.0 Å². The molecule has 1 heterocycles. The van der Waals surface area contributed by atoms with Crippen LogP contribution < -0.4 is 4.74 Å². The Morgan fingerprint density at radius 3 is 2.68 bits per heavy atom. The van der Waals surface area contributed by atoms with E-state index in [1.807, 2.05) is 20.8 Å². The summed E-state index contributed by atoms with van der Waals surface area (Å²) in [4.78, 5) is 0. The third-order valence-electron chi connectivity index (χ3n) is 3.25. The van der Waals surface area contributed by atoms with Gasteiger partial charge in [0.25, 0.3) is 0 Å². The van der Waals surface area contributed by atoms with Gasteiger partial charge in [-0.3, -0.25) is 0 Å². The van der Waals surface area contributed by atoms with E-state index in [4.69, 9.17) is 9.47 Å². The van der Waals surface area contributed by atoms with Crippen molar-refractivity contribution < 1.29 is 18.4 Å². The maximum atomic E-state index is 13.8. The van der Waals surface area contributed by atoms with Crippen molar-refractivity contribution in [3.63, 3.8) is 0 Å². The second-order valence-corrected chi connectivity index (χ2v) is 8.14. The smallest absolute Gasteiger partial charge is 0.144 e. The molecule has 2 rings (SSSR count). The third kappa shape index (κ3) is 4.97. The molecule has 4 nitrogen and oxygen atoms in total. The molecule has 1 aromatic carbocycles. The highest BCUT2D eigenvalue weighted by molar-refractivity contribution is 7.91. The first-order valence-corrected chi connectivity index (χ1v) is 8.47. The van der Waals surface area contributed by atoms with Crippen molar-refractivity contribution in [1.29, 1.82) is 0 Å². The Labute approximate surface area is 134 Å². The summed E-state index contributed by atoms with van der Waals surface area (Å²) in [6.07, 6.45) is 3.06. The summed E-state index contributed by atoms with van der Waals surface area (Å²) in [5, 5.41) is 0. The molecule has 22 heavy (non-hydrogen) atoms. The predicted octanol–water partition coefficient (Wildman–Crippen LogP) is 3.26. The molecule has 1 fully saturated rings. The van der Waals surface area contributed by atoms with Crippen LogP contribution in [-0.2, 0) is 16.1 Å². The molecule has 0 radical (unpaired) electrons. The molecular formula is C16H22FNO3S.